The highest BCUT2D eigenvalue weighted by molar-refractivity contribution is 5.92. The van der Waals surface area contributed by atoms with Gasteiger partial charge in [0.05, 0.1) is 12.3 Å². The molecule has 100 valence electrons. The van der Waals surface area contributed by atoms with E-state index in [1.807, 2.05) is 0 Å². The van der Waals surface area contributed by atoms with Gasteiger partial charge in [0.25, 0.3) is 0 Å². The molecule has 0 aromatic heterocycles. The Morgan fingerprint density at radius 3 is 2.44 bits per heavy atom. The minimum Gasteiger partial charge on any atom is -0.481 e. The average Bonchev–Trinajstić information content (AvgIpc) is 2.57. The van der Waals surface area contributed by atoms with E-state index in [0.717, 1.165) is 0 Å². The van der Waals surface area contributed by atoms with Gasteiger partial charge in [0.15, 0.2) is 0 Å². The molecule has 0 bridgehead atoms. The van der Waals surface area contributed by atoms with Gasteiger partial charge in [-0.15, -0.1) is 0 Å². The third-order valence-corrected chi connectivity index (χ3v) is 2.71. The van der Waals surface area contributed by atoms with Gasteiger partial charge in [-0.1, -0.05) is 0 Å². The summed E-state index contributed by atoms with van der Waals surface area (Å²) in [5.74, 6) is -4.16. The molecule has 2 atom stereocenters. The number of amides is 2. The summed E-state index contributed by atoms with van der Waals surface area (Å²) >= 11 is 0. The second-order valence-electron chi connectivity index (χ2n) is 4.17. The fourth-order valence-electron chi connectivity index (χ4n) is 1.70. The van der Waals surface area contributed by atoms with Crippen LogP contribution in [0.5, 0.6) is 0 Å². The molecule has 1 aliphatic rings. The van der Waals surface area contributed by atoms with Crippen LogP contribution in [0.15, 0.2) is 0 Å². The lowest BCUT2D eigenvalue weighted by molar-refractivity contribution is -0.147. The van der Waals surface area contributed by atoms with Crippen molar-refractivity contribution in [3.05, 3.63) is 0 Å². The van der Waals surface area contributed by atoms with Crippen LogP contribution in [0.2, 0.25) is 0 Å². The van der Waals surface area contributed by atoms with Crippen LogP contribution in [0.3, 0.4) is 0 Å². The zero-order chi connectivity index (χ0) is 13.9. The zero-order valence-electron chi connectivity index (χ0n) is 9.75. The first-order chi connectivity index (χ1) is 8.31. The van der Waals surface area contributed by atoms with Crippen LogP contribution in [-0.4, -0.2) is 58.5 Å². The third kappa shape index (κ3) is 3.44. The van der Waals surface area contributed by atoms with E-state index in [9.17, 15) is 19.2 Å². The number of aliphatic carboxylic acids is 2. The first-order valence-corrected chi connectivity index (χ1v) is 5.30. The van der Waals surface area contributed by atoms with Gasteiger partial charge in [-0.3, -0.25) is 14.4 Å². The van der Waals surface area contributed by atoms with E-state index < -0.39 is 36.2 Å². The van der Waals surface area contributed by atoms with E-state index in [1.165, 1.54) is 4.90 Å². The highest BCUT2D eigenvalue weighted by Gasteiger charge is 2.34. The number of rotatable bonds is 5. The number of carboxylic acids is 2. The number of hydrogen-bond acceptors (Lipinski definition) is 4. The third-order valence-electron chi connectivity index (χ3n) is 2.71. The fourth-order valence-corrected chi connectivity index (χ4v) is 1.70. The first-order valence-electron chi connectivity index (χ1n) is 5.30. The maximum Gasteiger partial charge on any atom is 0.326 e. The smallest absolute Gasteiger partial charge is 0.326 e. The summed E-state index contributed by atoms with van der Waals surface area (Å²) in [6.45, 7) is 0.212. The van der Waals surface area contributed by atoms with Gasteiger partial charge >= 0.3 is 11.9 Å². The van der Waals surface area contributed by atoms with Crippen LogP contribution in [0.4, 0.5) is 0 Å². The number of hydrogen-bond donors (Lipinski definition) is 3. The molecule has 0 aliphatic carbocycles. The summed E-state index contributed by atoms with van der Waals surface area (Å²) in [4.78, 5) is 45.5. The molecule has 1 aliphatic heterocycles. The lowest BCUT2D eigenvalue weighted by atomic mass is 10.1. The molecule has 1 fully saturated rings. The quantitative estimate of drug-likeness (QED) is 0.551. The molecule has 1 unspecified atom stereocenters. The summed E-state index contributed by atoms with van der Waals surface area (Å²) in [5, 5.41) is 19.4. The first kappa shape index (κ1) is 13.9. The van der Waals surface area contributed by atoms with Gasteiger partial charge in [-0.05, 0) is 0 Å². The highest BCUT2D eigenvalue weighted by Crippen LogP contribution is 2.16. The molecule has 1 rings (SSSR count). The zero-order valence-corrected chi connectivity index (χ0v) is 9.75. The molecule has 2 amide bonds. The van der Waals surface area contributed by atoms with Crippen molar-refractivity contribution in [3.63, 3.8) is 0 Å². The van der Waals surface area contributed by atoms with Gasteiger partial charge in [0, 0.05) is 20.0 Å². The Hall–Kier alpha value is -2.12. The predicted octanol–water partition coefficient (Wildman–Crippen LogP) is -1.49. The number of nitrogens with one attached hydrogen (secondary N) is 1. The summed E-state index contributed by atoms with van der Waals surface area (Å²) in [5.41, 5.74) is 0. The van der Waals surface area contributed by atoms with Crippen LogP contribution >= 0.6 is 0 Å². The maximum atomic E-state index is 11.7. The largest absolute Gasteiger partial charge is 0.481 e. The molecule has 1 saturated heterocycles. The number of carboxylic acid groups (broad SMARTS) is 2. The molecular weight excluding hydrogens is 244 g/mol. The summed E-state index contributed by atoms with van der Waals surface area (Å²) in [6, 6.07) is -1.48. The van der Waals surface area contributed by atoms with Gasteiger partial charge in [-0.2, -0.15) is 0 Å². The van der Waals surface area contributed by atoms with Crippen molar-refractivity contribution in [2.75, 3.05) is 13.6 Å². The number of likely N-dealkylation sites (tertiary alicyclic amines) is 1. The molecule has 0 aromatic carbocycles. The summed E-state index contributed by atoms with van der Waals surface area (Å²) < 4.78 is 0. The van der Waals surface area contributed by atoms with Crippen molar-refractivity contribution in [1.29, 1.82) is 0 Å². The second kappa shape index (κ2) is 5.48. The summed E-state index contributed by atoms with van der Waals surface area (Å²) in [7, 11) is 1.54. The number of carbonyl (C=O) groups is 4. The average molecular weight is 258 g/mol. The summed E-state index contributed by atoms with van der Waals surface area (Å²) in [6.07, 6.45) is -0.681. The van der Waals surface area contributed by atoms with E-state index in [2.05, 4.69) is 5.32 Å². The predicted molar refractivity (Wildman–Crippen MR) is 57.6 cm³/mol. The standard InChI is InChI=1S/C10H14N2O6/c1-12-4-5(2-7(12)13)9(16)11-6(10(17)18)3-8(14)15/h5-6H,2-4H2,1H3,(H,11,16)(H,14,15)(H,17,18)/t5?,6-/m0/s1. The van der Waals surface area contributed by atoms with Crippen LogP contribution in [-0.2, 0) is 19.2 Å². The topological polar surface area (TPSA) is 124 Å². The normalized spacial score (nSPS) is 20.6. The van der Waals surface area contributed by atoms with Gasteiger partial charge < -0.3 is 20.4 Å². The van der Waals surface area contributed by atoms with Crippen LogP contribution in [0.1, 0.15) is 12.8 Å². The van der Waals surface area contributed by atoms with E-state index in [4.69, 9.17) is 10.2 Å². The van der Waals surface area contributed by atoms with Crippen LogP contribution in [0.25, 0.3) is 0 Å². The molecule has 0 saturated carbocycles. The Balaban J connectivity index is 2.59. The Labute approximate surface area is 103 Å². The number of carbonyl (C=O) groups excluding carboxylic acids is 2. The lowest BCUT2D eigenvalue weighted by Crippen LogP contribution is -2.45. The molecule has 8 nitrogen and oxygen atoms in total. The number of nitrogens with zero attached hydrogens (tertiary/aromatic N) is 1. The van der Waals surface area contributed by atoms with Gasteiger partial charge in [0.2, 0.25) is 11.8 Å². The Bertz CT molecular complexity index is 394. The van der Waals surface area contributed by atoms with E-state index in [1.54, 1.807) is 7.05 Å². The van der Waals surface area contributed by atoms with Crippen molar-refractivity contribution in [2.24, 2.45) is 5.92 Å². The van der Waals surface area contributed by atoms with E-state index >= 15 is 0 Å². The monoisotopic (exact) mass is 258 g/mol. The van der Waals surface area contributed by atoms with Crippen molar-refractivity contribution < 1.29 is 29.4 Å². The van der Waals surface area contributed by atoms with Crippen LogP contribution < -0.4 is 5.32 Å². The van der Waals surface area contributed by atoms with Crippen molar-refractivity contribution in [1.82, 2.24) is 10.2 Å². The Kier molecular flexibility index (Phi) is 4.24. The molecule has 1 heterocycles. The minimum absolute atomic E-state index is 0.0156. The molecule has 0 radical (unpaired) electrons. The SMILES string of the molecule is CN1CC(C(=O)N[C@@H](CC(=O)O)C(=O)O)CC1=O. The highest BCUT2D eigenvalue weighted by atomic mass is 16.4. The van der Waals surface area contributed by atoms with Crippen molar-refractivity contribution >= 4 is 23.8 Å². The maximum absolute atomic E-state index is 11.7. The molecule has 3 N–H and O–H groups in total. The fraction of sp³-hybridized carbons (Fsp3) is 0.600. The lowest BCUT2D eigenvalue weighted by Gasteiger charge is -2.15. The Morgan fingerprint density at radius 1 is 1.44 bits per heavy atom. The molecule has 18 heavy (non-hydrogen) atoms. The molecule has 0 aromatic rings. The van der Waals surface area contributed by atoms with Gasteiger partial charge in [-0.25, -0.2) is 4.79 Å². The molecule has 8 heteroatoms. The molecular formula is C10H14N2O6. The van der Waals surface area contributed by atoms with Gasteiger partial charge in [0.1, 0.15) is 6.04 Å². The second-order valence-corrected chi connectivity index (χ2v) is 4.17. The van der Waals surface area contributed by atoms with E-state index in [0.29, 0.717) is 0 Å². The van der Waals surface area contributed by atoms with E-state index in [-0.39, 0.29) is 18.9 Å². The van der Waals surface area contributed by atoms with Crippen molar-refractivity contribution in [3.8, 4) is 0 Å². The Morgan fingerprint density at radius 2 is 2.06 bits per heavy atom. The van der Waals surface area contributed by atoms with Crippen molar-refractivity contribution in [2.45, 2.75) is 18.9 Å². The van der Waals surface area contributed by atoms with Crippen LogP contribution in [0, 0.1) is 5.92 Å². The molecule has 0 spiro atoms. The minimum atomic E-state index is -1.48.